The zero-order valence-electron chi connectivity index (χ0n) is 14.8. The van der Waals surface area contributed by atoms with Gasteiger partial charge in [0.1, 0.15) is 10.7 Å². The van der Waals surface area contributed by atoms with Crippen LogP contribution >= 0.6 is 11.3 Å². The molecule has 0 saturated carbocycles. The molecule has 1 saturated heterocycles. The Bertz CT molecular complexity index is 898. The van der Waals surface area contributed by atoms with Crippen LogP contribution in [0.3, 0.4) is 0 Å². The van der Waals surface area contributed by atoms with Gasteiger partial charge in [0.2, 0.25) is 11.8 Å². The Morgan fingerprint density at radius 1 is 1.41 bits per heavy atom. The normalized spacial score (nSPS) is 16.5. The van der Waals surface area contributed by atoms with Crippen molar-refractivity contribution in [2.75, 3.05) is 23.4 Å². The third kappa shape index (κ3) is 3.97. The first kappa shape index (κ1) is 19.0. The van der Waals surface area contributed by atoms with Crippen LogP contribution in [0, 0.1) is 18.7 Å². The van der Waals surface area contributed by atoms with E-state index in [-0.39, 0.29) is 36.3 Å². The van der Waals surface area contributed by atoms with Gasteiger partial charge in [-0.25, -0.2) is 14.2 Å². The molecule has 1 aliphatic heterocycles. The molecule has 142 valence electrons. The number of benzene rings is 1. The number of esters is 1. The number of thiazole rings is 1. The smallest absolute Gasteiger partial charge is 0.350 e. The fourth-order valence-electron chi connectivity index (χ4n) is 2.83. The van der Waals surface area contributed by atoms with E-state index in [1.165, 1.54) is 23.1 Å². The maximum absolute atomic E-state index is 13.9. The van der Waals surface area contributed by atoms with Crippen LogP contribution in [0.15, 0.2) is 24.3 Å². The molecule has 1 N–H and O–H groups in total. The summed E-state index contributed by atoms with van der Waals surface area (Å²) in [6, 6.07) is 5.94. The molecule has 0 bridgehead atoms. The molecular formula is C18H18FN3O4S. The van der Waals surface area contributed by atoms with Crippen LogP contribution in [0.25, 0.3) is 0 Å². The summed E-state index contributed by atoms with van der Waals surface area (Å²) in [5.41, 5.74) is 0.622. The minimum absolute atomic E-state index is 0.0186. The number of anilines is 2. The summed E-state index contributed by atoms with van der Waals surface area (Å²) in [4.78, 5) is 42.3. The summed E-state index contributed by atoms with van der Waals surface area (Å²) in [7, 11) is 0. The molecule has 1 aromatic carbocycles. The maximum Gasteiger partial charge on any atom is 0.350 e. The molecule has 7 nitrogen and oxygen atoms in total. The molecule has 0 spiro atoms. The fraction of sp³-hybridized carbons (Fsp3) is 0.333. The molecule has 0 aliphatic carbocycles. The van der Waals surface area contributed by atoms with Crippen LogP contribution in [0.4, 0.5) is 15.2 Å². The lowest BCUT2D eigenvalue weighted by Gasteiger charge is -2.17. The van der Waals surface area contributed by atoms with E-state index in [9.17, 15) is 18.8 Å². The largest absolute Gasteiger partial charge is 0.462 e. The van der Waals surface area contributed by atoms with Crippen LogP contribution in [0.2, 0.25) is 0 Å². The highest BCUT2D eigenvalue weighted by atomic mass is 32.1. The second kappa shape index (κ2) is 7.83. The molecule has 3 rings (SSSR count). The third-order valence-corrected chi connectivity index (χ3v) is 5.18. The van der Waals surface area contributed by atoms with E-state index in [0.29, 0.717) is 10.6 Å². The maximum atomic E-state index is 13.9. The summed E-state index contributed by atoms with van der Waals surface area (Å²) < 4.78 is 18.9. The molecule has 2 amide bonds. The van der Waals surface area contributed by atoms with Gasteiger partial charge < -0.3 is 15.0 Å². The zero-order valence-corrected chi connectivity index (χ0v) is 15.6. The number of nitrogens with one attached hydrogen (secondary N) is 1. The van der Waals surface area contributed by atoms with Crippen molar-refractivity contribution in [1.82, 2.24) is 4.98 Å². The predicted octanol–water partition coefficient (Wildman–Crippen LogP) is 2.76. The Morgan fingerprint density at radius 3 is 2.85 bits per heavy atom. The van der Waals surface area contributed by atoms with Crippen LogP contribution in [-0.2, 0) is 14.3 Å². The Morgan fingerprint density at radius 2 is 2.15 bits per heavy atom. The second-order valence-corrected chi connectivity index (χ2v) is 7.00. The number of carbonyl (C=O) groups excluding carboxylic acids is 3. The summed E-state index contributed by atoms with van der Waals surface area (Å²) in [5, 5.41) is 2.90. The van der Waals surface area contributed by atoms with Crippen LogP contribution in [0.1, 0.15) is 28.7 Å². The number of amides is 2. The number of aryl methyl sites for hydroxylation is 1. The quantitative estimate of drug-likeness (QED) is 0.792. The molecule has 9 heteroatoms. The van der Waals surface area contributed by atoms with Crippen LogP contribution in [0.5, 0.6) is 0 Å². The van der Waals surface area contributed by atoms with Crippen molar-refractivity contribution in [3.05, 3.63) is 40.7 Å². The minimum Gasteiger partial charge on any atom is -0.462 e. The molecule has 27 heavy (non-hydrogen) atoms. The lowest BCUT2D eigenvalue weighted by Crippen LogP contribution is -2.28. The molecule has 1 atom stereocenters. The topological polar surface area (TPSA) is 88.6 Å². The van der Waals surface area contributed by atoms with Crippen molar-refractivity contribution >= 4 is 39.9 Å². The van der Waals surface area contributed by atoms with Gasteiger partial charge >= 0.3 is 5.97 Å². The molecule has 1 fully saturated rings. The molecule has 0 radical (unpaired) electrons. The lowest BCUT2D eigenvalue weighted by molar-refractivity contribution is -0.122. The zero-order chi connectivity index (χ0) is 19.6. The minimum atomic E-state index is -0.632. The number of nitrogens with zero attached hydrogens (tertiary/aromatic N) is 2. The third-order valence-electron chi connectivity index (χ3n) is 4.13. The molecule has 2 heterocycles. The number of hydrogen-bond acceptors (Lipinski definition) is 6. The standard InChI is InChI=1S/C18H18FN3O4S/c1-3-26-17(25)15-10(2)20-18(27-15)21-16(24)11-8-14(23)22(9-11)13-7-5-4-6-12(13)19/h4-7,11H,3,8-9H2,1-2H3,(H,20,21,24). The van der Waals surface area contributed by atoms with Gasteiger partial charge in [-0.15, -0.1) is 0 Å². The van der Waals surface area contributed by atoms with Gasteiger partial charge in [-0.2, -0.15) is 0 Å². The molecular weight excluding hydrogens is 373 g/mol. The molecule has 1 unspecified atom stereocenters. The summed E-state index contributed by atoms with van der Waals surface area (Å²) in [5.74, 6) is -2.35. The number of rotatable bonds is 5. The first-order chi connectivity index (χ1) is 12.9. The van der Waals surface area contributed by atoms with E-state index in [2.05, 4.69) is 10.3 Å². The number of ether oxygens (including phenoxy) is 1. The van der Waals surface area contributed by atoms with Gasteiger partial charge in [0.25, 0.3) is 0 Å². The number of hydrogen-bond donors (Lipinski definition) is 1. The van der Waals surface area contributed by atoms with Crippen molar-refractivity contribution in [3.8, 4) is 0 Å². The monoisotopic (exact) mass is 391 g/mol. The predicted molar refractivity (Wildman–Crippen MR) is 98.3 cm³/mol. The van der Waals surface area contributed by atoms with Gasteiger partial charge in [0.15, 0.2) is 5.13 Å². The highest BCUT2D eigenvalue weighted by molar-refractivity contribution is 7.17. The number of aromatic nitrogens is 1. The summed E-state index contributed by atoms with van der Waals surface area (Å²) in [6.07, 6.45) is -0.0186. The average Bonchev–Trinajstić information content (AvgIpc) is 3.18. The van der Waals surface area contributed by atoms with Crippen molar-refractivity contribution in [2.45, 2.75) is 20.3 Å². The Kier molecular flexibility index (Phi) is 5.50. The molecule has 1 aromatic heterocycles. The first-order valence-corrected chi connectivity index (χ1v) is 9.22. The SMILES string of the molecule is CCOC(=O)c1sc(NC(=O)C2CC(=O)N(c3ccccc3F)C2)nc1C. The molecule has 2 aromatic rings. The summed E-state index contributed by atoms with van der Waals surface area (Å²) in [6.45, 7) is 3.68. The highest BCUT2D eigenvalue weighted by Gasteiger charge is 2.36. The van der Waals surface area contributed by atoms with Gasteiger partial charge in [0, 0.05) is 13.0 Å². The Labute approximate surface area is 159 Å². The van der Waals surface area contributed by atoms with E-state index in [4.69, 9.17) is 4.74 Å². The number of halogens is 1. The van der Waals surface area contributed by atoms with E-state index in [1.807, 2.05) is 0 Å². The van der Waals surface area contributed by atoms with E-state index in [1.54, 1.807) is 19.9 Å². The van der Waals surface area contributed by atoms with Gasteiger partial charge in [-0.3, -0.25) is 9.59 Å². The first-order valence-electron chi connectivity index (χ1n) is 8.41. The second-order valence-electron chi connectivity index (χ2n) is 6.00. The Hall–Kier alpha value is -2.81. The molecule has 1 aliphatic rings. The van der Waals surface area contributed by atoms with Gasteiger partial charge in [0.05, 0.1) is 23.9 Å². The van der Waals surface area contributed by atoms with Crippen molar-refractivity contribution < 1.29 is 23.5 Å². The van der Waals surface area contributed by atoms with Crippen LogP contribution in [-0.4, -0.2) is 35.9 Å². The lowest BCUT2D eigenvalue weighted by atomic mass is 10.1. The van der Waals surface area contributed by atoms with Crippen molar-refractivity contribution in [1.29, 1.82) is 0 Å². The fourth-order valence-corrected chi connectivity index (χ4v) is 3.69. The van der Waals surface area contributed by atoms with Gasteiger partial charge in [-0.1, -0.05) is 23.5 Å². The number of carbonyl (C=O) groups is 3. The van der Waals surface area contributed by atoms with Gasteiger partial charge in [-0.05, 0) is 26.0 Å². The van der Waals surface area contributed by atoms with Crippen molar-refractivity contribution in [2.24, 2.45) is 5.92 Å². The van der Waals surface area contributed by atoms with E-state index in [0.717, 1.165) is 11.3 Å². The summed E-state index contributed by atoms with van der Waals surface area (Å²) >= 11 is 1.02. The Balaban J connectivity index is 1.69. The van der Waals surface area contributed by atoms with Crippen LogP contribution < -0.4 is 10.2 Å². The van der Waals surface area contributed by atoms with E-state index >= 15 is 0 Å². The number of para-hydroxylation sites is 1. The average molecular weight is 391 g/mol. The van der Waals surface area contributed by atoms with Crippen molar-refractivity contribution in [3.63, 3.8) is 0 Å². The van der Waals surface area contributed by atoms with E-state index < -0.39 is 23.6 Å². The highest BCUT2D eigenvalue weighted by Crippen LogP contribution is 2.29.